The van der Waals surface area contributed by atoms with Crippen molar-refractivity contribution in [3.05, 3.63) is 69.5 Å². The fourth-order valence-electron chi connectivity index (χ4n) is 2.90. The average Bonchev–Trinajstić information content (AvgIpc) is 3.16. The van der Waals surface area contributed by atoms with Crippen LogP contribution in [0.25, 0.3) is 6.08 Å². The number of carbonyl (C=O) groups excluding carboxylic acids is 1. The van der Waals surface area contributed by atoms with Crippen molar-refractivity contribution in [2.75, 3.05) is 6.26 Å². The molecule has 32 heavy (non-hydrogen) atoms. The summed E-state index contributed by atoms with van der Waals surface area (Å²) in [6.45, 7) is 0.0343. The van der Waals surface area contributed by atoms with Gasteiger partial charge < -0.3 is 4.74 Å². The van der Waals surface area contributed by atoms with Gasteiger partial charge in [-0.1, -0.05) is 24.3 Å². The minimum Gasteiger partial charge on any atom is -0.488 e. The van der Waals surface area contributed by atoms with E-state index in [0.29, 0.717) is 21.3 Å². The number of rotatable bonds is 4. The Morgan fingerprint density at radius 2 is 2.03 bits per heavy atom. The Morgan fingerprint density at radius 1 is 1.28 bits per heavy atom. The Labute approximate surface area is 195 Å². The number of sulfone groups is 1. The van der Waals surface area contributed by atoms with Crippen molar-refractivity contribution in [1.29, 1.82) is 5.41 Å². The Balaban J connectivity index is 1.58. The highest BCUT2D eigenvalue weighted by atomic mass is 79.9. The molecule has 8 nitrogen and oxygen atoms in total. The Bertz CT molecular complexity index is 1360. The normalized spacial score (nSPS) is 17.3. The van der Waals surface area contributed by atoms with Gasteiger partial charge in [0.25, 0.3) is 5.91 Å². The van der Waals surface area contributed by atoms with Gasteiger partial charge in [0.1, 0.15) is 24.0 Å². The van der Waals surface area contributed by atoms with E-state index in [1.807, 2.05) is 0 Å². The first-order valence-corrected chi connectivity index (χ1v) is 12.5. The smallest absolute Gasteiger partial charge is 0.283 e. The lowest BCUT2D eigenvalue weighted by Crippen LogP contribution is -2.45. The first-order valence-electron chi connectivity index (χ1n) is 9.00. The molecule has 0 aliphatic carbocycles. The molecular weight excluding hydrogens is 523 g/mol. The van der Waals surface area contributed by atoms with E-state index in [0.717, 1.165) is 23.1 Å². The molecule has 0 spiro atoms. The van der Waals surface area contributed by atoms with Crippen molar-refractivity contribution in [1.82, 2.24) is 4.90 Å². The van der Waals surface area contributed by atoms with E-state index in [9.17, 15) is 17.6 Å². The molecule has 2 aromatic carbocycles. The fraction of sp³-hybridized carbons (Fsp3) is 0.100. The minimum atomic E-state index is -3.72. The van der Waals surface area contributed by atoms with Crippen LogP contribution in [-0.2, 0) is 21.2 Å². The van der Waals surface area contributed by atoms with E-state index in [1.165, 1.54) is 12.1 Å². The monoisotopic (exact) mass is 536 g/mol. The van der Waals surface area contributed by atoms with Gasteiger partial charge >= 0.3 is 0 Å². The largest absolute Gasteiger partial charge is 0.488 e. The molecule has 0 atom stereocenters. The molecule has 0 aromatic heterocycles. The third-order valence-electron chi connectivity index (χ3n) is 4.43. The highest BCUT2D eigenvalue weighted by molar-refractivity contribution is 9.10. The van der Waals surface area contributed by atoms with E-state index in [4.69, 9.17) is 10.1 Å². The highest BCUT2D eigenvalue weighted by Crippen LogP contribution is 2.31. The molecule has 0 radical (unpaired) electrons. The lowest BCUT2D eigenvalue weighted by Gasteiger charge is -2.23. The zero-order chi connectivity index (χ0) is 23.0. The molecule has 2 aliphatic heterocycles. The van der Waals surface area contributed by atoms with Crippen LogP contribution in [0.2, 0.25) is 0 Å². The van der Waals surface area contributed by atoms with E-state index in [1.54, 1.807) is 36.4 Å². The van der Waals surface area contributed by atoms with Crippen LogP contribution in [0, 0.1) is 11.2 Å². The average molecular weight is 537 g/mol. The fourth-order valence-corrected chi connectivity index (χ4v) is 5.26. The van der Waals surface area contributed by atoms with E-state index < -0.39 is 15.7 Å². The molecular formula is C20H14BrFN4O4S2. The van der Waals surface area contributed by atoms with Gasteiger partial charge in [-0.05, 0) is 45.8 Å². The third kappa shape index (κ3) is 4.38. The number of fused-ring (bicyclic) bond motifs is 1. The van der Waals surface area contributed by atoms with Crippen LogP contribution in [0.4, 0.5) is 4.39 Å². The molecule has 0 fully saturated rings. The molecule has 0 bridgehead atoms. The lowest BCUT2D eigenvalue weighted by atomic mass is 10.1. The zero-order valence-electron chi connectivity index (χ0n) is 16.4. The molecule has 1 N–H and O–H groups in total. The summed E-state index contributed by atoms with van der Waals surface area (Å²) in [7, 11) is -3.72. The second-order valence-electron chi connectivity index (χ2n) is 6.75. The predicted molar refractivity (Wildman–Crippen MR) is 125 cm³/mol. The number of nitrogens with zero attached hydrogens (tertiary/aromatic N) is 3. The molecule has 0 saturated heterocycles. The summed E-state index contributed by atoms with van der Waals surface area (Å²) in [4.78, 5) is 17.3. The number of amides is 1. The van der Waals surface area contributed by atoms with Gasteiger partial charge in [-0.15, -0.1) is 0 Å². The number of aliphatic imine (C=N–C) groups is 1. The molecule has 164 valence electrons. The van der Waals surface area contributed by atoms with Gasteiger partial charge in [0, 0.05) is 11.8 Å². The van der Waals surface area contributed by atoms with Crippen LogP contribution < -0.4 is 4.74 Å². The zero-order valence-corrected chi connectivity index (χ0v) is 19.6. The molecule has 0 saturated carbocycles. The summed E-state index contributed by atoms with van der Waals surface area (Å²) in [5, 5.41) is 8.05. The quantitative estimate of drug-likeness (QED) is 0.469. The maximum atomic E-state index is 13.8. The lowest BCUT2D eigenvalue weighted by molar-refractivity contribution is -0.114. The molecule has 12 heteroatoms. The molecule has 4 rings (SSSR count). The minimum absolute atomic E-state index is 0.0237. The van der Waals surface area contributed by atoms with Gasteiger partial charge in [0.2, 0.25) is 20.2 Å². The number of halogens is 2. The van der Waals surface area contributed by atoms with Crippen LogP contribution >= 0.6 is 27.9 Å². The van der Waals surface area contributed by atoms with Gasteiger partial charge in [-0.3, -0.25) is 10.2 Å². The van der Waals surface area contributed by atoms with Crippen LogP contribution in [0.1, 0.15) is 11.1 Å². The summed E-state index contributed by atoms with van der Waals surface area (Å²) >= 11 is 4.12. The molecule has 2 aromatic rings. The molecule has 2 heterocycles. The molecule has 2 aliphatic rings. The van der Waals surface area contributed by atoms with Gasteiger partial charge in [0.15, 0.2) is 0 Å². The van der Waals surface area contributed by atoms with Crippen molar-refractivity contribution < 1.29 is 22.3 Å². The molecule has 0 unspecified atom stereocenters. The summed E-state index contributed by atoms with van der Waals surface area (Å²) < 4.78 is 47.7. The first kappa shape index (κ1) is 22.4. The summed E-state index contributed by atoms with van der Waals surface area (Å²) in [5.74, 6) is -0.903. The summed E-state index contributed by atoms with van der Waals surface area (Å²) in [5.41, 5.74) is 0.874. The van der Waals surface area contributed by atoms with Crippen LogP contribution in [0.5, 0.6) is 5.75 Å². The van der Waals surface area contributed by atoms with Crippen molar-refractivity contribution in [2.24, 2.45) is 9.39 Å². The van der Waals surface area contributed by atoms with Gasteiger partial charge in [0.05, 0.1) is 22.0 Å². The summed E-state index contributed by atoms with van der Waals surface area (Å²) in [6, 6.07) is 11.2. The number of carbonyl (C=O) groups is 1. The van der Waals surface area contributed by atoms with Gasteiger partial charge in [-0.25, -0.2) is 17.7 Å². The maximum Gasteiger partial charge on any atom is 0.283 e. The number of benzene rings is 2. The topological polar surface area (TPSA) is 112 Å². The van der Waals surface area contributed by atoms with Crippen molar-refractivity contribution in [2.45, 2.75) is 6.61 Å². The van der Waals surface area contributed by atoms with Crippen LogP contribution in [0.3, 0.4) is 0 Å². The Hall–Kier alpha value is -2.83. The van der Waals surface area contributed by atoms with E-state index in [2.05, 4.69) is 25.3 Å². The highest BCUT2D eigenvalue weighted by Gasteiger charge is 2.41. The number of ether oxygens (including phenoxy) is 1. The van der Waals surface area contributed by atoms with Crippen LogP contribution in [-0.4, -0.2) is 41.7 Å². The Morgan fingerprint density at radius 3 is 2.72 bits per heavy atom. The third-order valence-corrected chi connectivity index (χ3v) is 6.81. The Kier molecular flexibility index (Phi) is 6.01. The van der Waals surface area contributed by atoms with E-state index >= 15 is 0 Å². The standard InChI is InChI=1S/C20H14BrFN4O4S2/c1-32(28,29)20-25-31-19-24-18(27)13(17(23)26(19)20)8-11-6-7-16(14(21)9-11)30-10-12-4-2-3-5-15(12)22/h2-9,23H,10H2,1H3/b13-8-,23-17?. The van der Waals surface area contributed by atoms with Crippen LogP contribution in [0.15, 0.2) is 61.9 Å². The van der Waals surface area contributed by atoms with Crippen molar-refractivity contribution in [3.8, 4) is 5.75 Å². The van der Waals surface area contributed by atoms with Crippen molar-refractivity contribution >= 4 is 65.9 Å². The van der Waals surface area contributed by atoms with Crippen molar-refractivity contribution in [3.63, 3.8) is 0 Å². The number of hydrogen-bond donors (Lipinski definition) is 1. The maximum absolute atomic E-state index is 13.8. The number of hydrogen-bond acceptors (Lipinski definition) is 7. The number of amidine groups is 3. The second kappa shape index (κ2) is 8.60. The first-order chi connectivity index (χ1) is 15.1. The predicted octanol–water partition coefficient (Wildman–Crippen LogP) is 3.79. The van der Waals surface area contributed by atoms with Gasteiger partial charge in [-0.2, -0.15) is 9.39 Å². The SMILES string of the molecule is CS(=O)(=O)C1=NSC2=NC(=O)/C(=C\c3ccc(OCc4ccccc4F)c(Br)c3)C(=N)N21. The molecule has 1 amide bonds. The van der Waals surface area contributed by atoms with E-state index in [-0.39, 0.29) is 34.2 Å². The summed E-state index contributed by atoms with van der Waals surface area (Å²) in [6.07, 6.45) is 2.40. The number of nitrogens with one attached hydrogen (secondary N) is 1. The second-order valence-corrected chi connectivity index (χ2v) is 10.2.